The number of benzene rings is 2. The Labute approximate surface area is 275 Å². The number of anilines is 1. The van der Waals surface area contributed by atoms with Crippen LogP contribution in [0, 0.1) is 11.8 Å². The van der Waals surface area contributed by atoms with Gasteiger partial charge in [-0.1, -0.05) is 38.3 Å². The molecule has 0 saturated heterocycles. The molecule has 1 saturated carbocycles. The molecule has 1 aliphatic carbocycles. The smallest absolute Gasteiger partial charge is 0.258 e. The summed E-state index contributed by atoms with van der Waals surface area (Å²) in [5, 5.41) is 13.3. The number of aliphatic hydroxyl groups excluding tert-OH is 1. The Balaban J connectivity index is 1.57. The van der Waals surface area contributed by atoms with Crippen LogP contribution in [0.4, 0.5) is 5.69 Å². The molecule has 9 nitrogen and oxygen atoms in total. The van der Waals surface area contributed by atoms with Gasteiger partial charge in [-0.2, -0.15) is 0 Å². The van der Waals surface area contributed by atoms with Crippen molar-refractivity contribution < 1.29 is 28.9 Å². The third kappa shape index (κ3) is 10.2. The summed E-state index contributed by atoms with van der Waals surface area (Å²) >= 11 is 0. The number of methoxy groups -OCH3 is 1. The van der Waals surface area contributed by atoms with Crippen molar-refractivity contribution in [2.75, 3.05) is 45.8 Å². The molecule has 0 bridgehead atoms. The van der Waals surface area contributed by atoms with E-state index in [9.17, 15) is 14.7 Å². The molecule has 2 aromatic carbocycles. The quantitative estimate of drug-likeness (QED) is 0.341. The van der Waals surface area contributed by atoms with Crippen LogP contribution >= 0.6 is 0 Å². The number of fused-ring (bicyclic) bond motifs is 1. The second-order valence-electron chi connectivity index (χ2n) is 13.4. The highest BCUT2D eigenvalue weighted by Crippen LogP contribution is 2.30. The molecule has 2 aromatic rings. The lowest BCUT2D eigenvalue weighted by molar-refractivity contribution is -0.120. The van der Waals surface area contributed by atoms with Crippen LogP contribution in [0.15, 0.2) is 42.5 Å². The summed E-state index contributed by atoms with van der Waals surface area (Å²) in [7, 11) is 3.75. The van der Waals surface area contributed by atoms with Gasteiger partial charge in [-0.3, -0.25) is 14.5 Å². The fourth-order valence-corrected chi connectivity index (χ4v) is 6.49. The van der Waals surface area contributed by atoms with Gasteiger partial charge in [0.15, 0.2) is 0 Å². The van der Waals surface area contributed by atoms with Gasteiger partial charge in [0.25, 0.3) is 5.91 Å². The number of nitrogens with one attached hydrogen (secondary N) is 1. The SMILES string of the molecule is COc1ccc(CN(C)C[C@@H]2OCCCC[C@@H](C)Oc3ccc(NC(=O)C4CCCCC4)cc3C(=O)N([C@H](C)CO)C[C@@H]2C)cc1. The lowest BCUT2D eigenvalue weighted by Crippen LogP contribution is -2.47. The van der Waals surface area contributed by atoms with E-state index in [1.807, 2.05) is 32.0 Å². The summed E-state index contributed by atoms with van der Waals surface area (Å²) in [5.41, 5.74) is 2.16. The fourth-order valence-electron chi connectivity index (χ4n) is 6.49. The Hall–Kier alpha value is -3.14. The topological polar surface area (TPSA) is 101 Å². The molecule has 4 rings (SSSR count). The van der Waals surface area contributed by atoms with Gasteiger partial charge in [0, 0.05) is 43.8 Å². The lowest BCUT2D eigenvalue weighted by Gasteiger charge is -2.36. The molecule has 46 heavy (non-hydrogen) atoms. The zero-order valence-electron chi connectivity index (χ0n) is 28.5. The normalized spacial score (nSPS) is 22.8. The van der Waals surface area contributed by atoms with Gasteiger partial charge < -0.3 is 29.5 Å². The summed E-state index contributed by atoms with van der Waals surface area (Å²) in [6.07, 6.45) is 7.56. The van der Waals surface area contributed by atoms with E-state index in [2.05, 4.69) is 36.3 Å². The van der Waals surface area contributed by atoms with E-state index in [4.69, 9.17) is 14.2 Å². The Morgan fingerprint density at radius 2 is 1.78 bits per heavy atom. The predicted octanol–water partition coefficient (Wildman–Crippen LogP) is 6.14. The lowest BCUT2D eigenvalue weighted by atomic mass is 9.88. The first-order valence-electron chi connectivity index (χ1n) is 17.1. The van der Waals surface area contributed by atoms with Crippen molar-refractivity contribution >= 4 is 17.5 Å². The first kappa shape index (κ1) is 35.7. The minimum absolute atomic E-state index is 0.000868. The van der Waals surface area contributed by atoms with Crippen LogP contribution in [0.25, 0.3) is 0 Å². The monoisotopic (exact) mass is 637 g/mol. The largest absolute Gasteiger partial charge is 0.497 e. The van der Waals surface area contributed by atoms with Crippen LogP contribution in [-0.2, 0) is 16.1 Å². The van der Waals surface area contributed by atoms with Crippen LogP contribution in [0.5, 0.6) is 11.5 Å². The molecular formula is C37H55N3O6. The Morgan fingerprint density at radius 3 is 2.48 bits per heavy atom. The molecule has 2 aliphatic rings. The molecule has 9 heteroatoms. The summed E-state index contributed by atoms with van der Waals surface area (Å²) in [4.78, 5) is 31.4. The molecule has 254 valence electrons. The highest BCUT2D eigenvalue weighted by atomic mass is 16.5. The molecule has 1 heterocycles. The second-order valence-corrected chi connectivity index (χ2v) is 13.4. The van der Waals surface area contributed by atoms with Crippen molar-refractivity contribution in [3.05, 3.63) is 53.6 Å². The number of carbonyl (C=O) groups is 2. The van der Waals surface area contributed by atoms with Crippen molar-refractivity contribution in [2.24, 2.45) is 11.8 Å². The maximum Gasteiger partial charge on any atom is 0.258 e. The van der Waals surface area contributed by atoms with Gasteiger partial charge in [0.05, 0.1) is 37.5 Å². The molecule has 2 N–H and O–H groups in total. The van der Waals surface area contributed by atoms with E-state index < -0.39 is 6.04 Å². The summed E-state index contributed by atoms with van der Waals surface area (Å²) < 4.78 is 18.2. The van der Waals surface area contributed by atoms with Crippen molar-refractivity contribution in [3.8, 4) is 11.5 Å². The summed E-state index contributed by atoms with van der Waals surface area (Å²) in [5.74, 6) is 1.09. The molecule has 1 aliphatic heterocycles. The highest BCUT2D eigenvalue weighted by Gasteiger charge is 2.31. The minimum atomic E-state index is -0.425. The van der Waals surface area contributed by atoms with E-state index in [-0.39, 0.29) is 42.5 Å². The number of amides is 2. The highest BCUT2D eigenvalue weighted by molar-refractivity contribution is 6.00. The Bertz CT molecular complexity index is 1250. The van der Waals surface area contributed by atoms with Gasteiger partial charge in [0.2, 0.25) is 5.91 Å². The zero-order valence-corrected chi connectivity index (χ0v) is 28.5. The number of rotatable bonds is 9. The third-order valence-corrected chi connectivity index (χ3v) is 9.40. The minimum Gasteiger partial charge on any atom is -0.497 e. The maximum atomic E-state index is 14.4. The van der Waals surface area contributed by atoms with Crippen LogP contribution in [0.1, 0.15) is 88.1 Å². The fraction of sp³-hybridized carbons (Fsp3) is 0.622. The van der Waals surface area contributed by atoms with Crippen molar-refractivity contribution in [1.82, 2.24) is 9.80 Å². The number of aliphatic hydroxyl groups is 1. The van der Waals surface area contributed by atoms with Crippen molar-refractivity contribution in [3.63, 3.8) is 0 Å². The maximum absolute atomic E-state index is 14.4. The standard InChI is InChI=1S/C37H55N3O6/c1-26-22-40(27(2)25-41)37(43)33-21-31(38-36(42)30-12-7-6-8-13-30)16-19-34(33)46-28(3)11-9-10-20-45-35(26)24-39(4)23-29-14-17-32(44-5)18-15-29/h14-19,21,26-28,30,35,41H,6-13,20,22-25H2,1-5H3,(H,38,42)/t26-,27+,28+,35-/m0/s1. The predicted molar refractivity (Wildman–Crippen MR) is 181 cm³/mol. The number of ether oxygens (including phenoxy) is 3. The van der Waals surface area contributed by atoms with Gasteiger partial charge in [0.1, 0.15) is 11.5 Å². The first-order valence-corrected chi connectivity index (χ1v) is 17.1. The van der Waals surface area contributed by atoms with Crippen molar-refractivity contribution in [1.29, 1.82) is 0 Å². The van der Waals surface area contributed by atoms with Gasteiger partial charge in [-0.25, -0.2) is 0 Å². The van der Waals surface area contributed by atoms with E-state index >= 15 is 0 Å². The molecule has 2 amide bonds. The van der Waals surface area contributed by atoms with E-state index in [0.717, 1.165) is 57.2 Å². The van der Waals surface area contributed by atoms with E-state index in [0.29, 0.717) is 36.7 Å². The molecule has 0 aromatic heterocycles. The number of hydrogen-bond donors (Lipinski definition) is 2. The molecule has 0 radical (unpaired) electrons. The Kier molecular flexibility index (Phi) is 13.7. The third-order valence-electron chi connectivity index (χ3n) is 9.40. The second kappa shape index (κ2) is 17.7. The average Bonchev–Trinajstić information content (AvgIpc) is 3.06. The number of hydrogen-bond acceptors (Lipinski definition) is 7. The first-order chi connectivity index (χ1) is 22.2. The Morgan fingerprint density at radius 1 is 1.07 bits per heavy atom. The molecule has 0 unspecified atom stereocenters. The van der Waals surface area contributed by atoms with E-state index in [1.54, 1.807) is 24.1 Å². The molecule has 0 spiro atoms. The van der Waals surface area contributed by atoms with Crippen LogP contribution in [0.2, 0.25) is 0 Å². The summed E-state index contributed by atoms with van der Waals surface area (Å²) in [6.45, 7) is 8.29. The molecular weight excluding hydrogens is 582 g/mol. The zero-order chi connectivity index (χ0) is 33.1. The van der Waals surface area contributed by atoms with Gasteiger partial charge in [-0.15, -0.1) is 0 Å². The number of nitrogens with zero attached hydrogens (tertiary/aromatic N) is 2. The van der Waals surface area contributed by atoms with Crippen LogP contribution < -0.4 is 14.8 Å². The van der Waals surface area contributed by atoms with E-state index in [1.165, 1.54) is 12.0 Å². The summed E-state index contributed by atoms with van der Waals surface area (Å²) in [6, 6.07) is 13.0. The van der Waals surface area contributed by atoms with Crippen molar-refractivity contribution in [2.45, 2.75) is 96.9 Å². The molecule has 4 atom stereocenters. The number of carbonyl (C=O) groups excluding carboxylic acids is 2. The van der Waals surface area contributed by atoms with Crippen LogP contribution in [0.3, 0.4) is 0 Å². The van der Waals surface area contributed by atoms with Gasteiger partial charge >= 0.3 is 0 Å². The van der Waals surface area contributed by atoms with Crippen LogP contribution in [-0.4, -0.2) is 85.4 Å². The molecule has 1 fully saturated rings. The average molecular weight is 638 g/mol. The number of likely N-dealkylation sites (N-methyl/N-ethyl adjacent to an activating group) is 1. The van der Waals surface area contributed by atoms with Gasteiger partial charge in [-0.05, 0) is 88.9 Å².